The number of fused-ring (bicyclic) bond motifs is 1. The Labute approximate surface area is 144 Å². The fraction of sp³-hybridized carbons (Fsp3) is 0.353. The molecule has 132 valence electrons. The van der Waals surface area contributed by atoms with Crippen molar-refractivity contribution in [3.05, 3.63) is 40.3 Å². The number of nitrogens with two attached hydrogens (primary N) is 1. The number of imidazole rings is 1. The van der Waals surface area contributed by atoms with Crippen molar-refractivity contribution in [2.24, 2.45) is 0 Å². The Hall–Kier alpha value is -3.03. The Morgan fingerprint density at radius 2 is 1.80 bits per heavy atom. The maximum atomic E-state index is 12.9. The quantitative estimate of drug-likeness (QED) is 0.731. The first-order valence-corrected chi connectivity index (χ1v) is 8.02. The minimum Gasteiger partial charge on any atom is -0.497 e. The molecule has 0 aliphatic rings. The molecule has 0 unspecified atom stereocenters. The molecule has 0 radical (unpaired) electrons. The third-order valence-corrected chi connectivity index (χ3v) is 3.98. The van der Waals surface area contributed by atoms with Crippen LogP contribution in [0.4, 0.5) is 5.95 Å². The van der Waals surface area contributed by atoms with E-state index in [1.54, 1.807) is 16.2 Å². The standard InChI is InChI=1S/C17H21N5O3/c1-4-9-21-13-14(19-16(18)20-15(13)25-3)22(17(21)23)10-11-5-7-12(24-2)8-6-11/h5-8H,4,9-10H2,1-3H3,(H2,18,19,20). The van der Waals surface area contributed by atoms with Gasteiger partial charge in [0.15, 0.2) is 11.2 Å². The van der Waals surface area contributed by atoms with Gasteiger partial charge < -0.3 is 15.2 Å². The first-order valence-electron chi connectivity index (χ1n) is 8.02. The minimum absolute atomic E-state index is 0.0708. The summed E-state index contributed by atoms with van der Waals surface area (Å²) in [5, 5.41) is 0. The molecular formula is C17H21N5O3. The van der Waals surface area contributed by atoms with Crippen molar-refractivity contribution in [2.45, 2.75) is 26.4 Å². The summed E-state index contributed by atoms with van der Waals surface area (Å²) >= 11 is 0. The highest BCUT2D eigenvalue weighted by atomic mass is 16.5. The van der Waals surface area contributed by atoms with E-state index in [1.165, 1.54) is 7.11 Å². The number of methoxy groups -OCH3 is 2. The van der Waals surface area contributed by atoms with Crippen LogP contribution in [-0.4, -0.2) is 33.3 Å². The van der Waals surface area contributed by atoms with Crippen LogP contribution < -0.4 is 20.9 Å². The van der Waals surface area contributed by atoms with Crippen LogP contribution in [0.5, 0.6) is 11.6 Å². The van der Waals surface area contributed by atoms with Gasteiger partial charge in [-0.25, -0.2) is 4.79 Å². The number of ether oxygens (including phenoxy) is 2. The maximum Gasteiger partial charge on any atom is 0.330 e. The third kappa shape index (κ3) is 3.02. The molecule has 25 heavy (non-hydrogen) atoms. The van der Waals surface area contributed by atoms with E-state index < -0.39 is 0 Å². The summed E-state index contributed by atoms with van der Waals surface area (Å²) in [6, 6.07) is 7.54. The number of aromatic nitrogens is 4. The predicted octanol–water partition coefficient (Wildman–Crippen LogP) is 1.65. The SMILES string of the molecule is CCCn1c(=O)n(Cc2ccc(OC)cc2)c2nc(N)nc(OC)c21. The van der Waals surface area contributed by atoms with Gasteiger partial charge in [-0.15, -0.1) is 0 Å². The number of nitrogens with zero attached hydrogens (tertiary/aromatic N) is 4. The van der Waals surface area contributed by atoms with Crippen molar-refractivity contribution in [1.29, 1.82) is 0 Å². The Bertz CT molecular complexity index is 944. The normalized spacial score (nSPS) is 11.0. The number of hydrogen-bond donors (Lipinski definition) is 1. The van der Waals surface area contributed by atoms with Crippen molar-refractivity contribution in [3.63, 3.8) is 0 Å². The average Bonchev–Trinajstić information content (AvgIpc) is 2.87. The molecule has 3 rings (SSSR count). The van der Waals surface area contributed by atoms with Gasteiger partial charge in [0.1, 0.15) is 5.75 Å². The summed E-state index contributed by atoms with van der Waals surface area (Å²) in [7, 11) is 3.12. The van der Waals surface area contributed by atoms with Crippen LogP contribution in [0.25, 0.3) is 11.2 Å². The lowest BCUT2D eigenvalue weighted by Gasteiger charge is -2.06. The number of benzene rings is 1. The first kappa shape index (κ1) is 16.8. The van der Waals surface area contributed by atoms with E-state index in [2.05, 4.69) is 9.97 Å². The zero-order valence-corrected chi connectivity index (χ0v) is 14.5. The molecule has 2 N–H and O–H groups in total. The van der Waals surface area contributed by atoms with E-state index in [0.29, 0.717) is 30.1 Å². The fourth-order valence-electron chi connectivity index (χ4n) is 2.82. The smallest absolute Gasteiger partial charge is 0.330 e. The van der Waals surface area contributed by atoms with E-state index in [0.717, 1.165) is 17.7 Å². The Kier molecular flexibility index (Phi) is 4.60. The topological polar surface area (TPSA) is 97.2 Å². The first-order chi connectivity index (χ1) is 12.1. The van der Waals surface area contributed by atoms with Crippen molar-refractivity contribution in [2.75, 3.05) is 20.0 Å². The van der Waals surface area contributed by atoms with Gasteiger partial charge in [0.25, 0.3) is 0 Å². The molecule has 0 amide bonds. The summed E-state index contributed by atoms with van der Waals surface area (Å²) in [6.45, 7) is 2.92. The van der Waals surface area contributed by atoms with Gasteiger partial charge in [0.2, 0.25) is 11.8 Å². The Morgan fingerprint density at radius 1 is 1.08 bits per heavy atom. The van der Waals surface area contributed by atoms with E-state index in [-0.39, 0.29) is 11.6 Å². The zero-order valence-electron chi connectivity index (χ0n) is 14.5. The number of rotatable bonds is 6. The molecule has 0 aliphatic carbocycles. The molecule has 0 bridgehead atoms. The highest BCUT2D eigenvalue weighted by Crippen LogP contribution is 2.23. The summed E-state index contributed by atoms with van der Waals surface area (Å²) in [5.74, 6) is 1.14. The number of aryl methyl sites for hydroxylation is 1. The van der Waals surface area contributed by atoms with E-state index in [4.69, 9.17) is 15.2 Å². The highest BCUT2D eigenvalue weighted by Gasteiger charge is 2.20. The minimum atomic E-state index is -0.161. The molecule has 8 heteroatoms. The molecule has 0 spiro atoms. The van der Waals surface area contributed by atoms with Crippen molar-refractivity contribution >= 4 is 17.1 Å². The Morgan fingerprint density at radius 3 is 2.40 bits per heavy atom. The monoisotopic (exact) mass is 343 g/mol. The van der Waals surface area contributed by atoms with Gasteiger partial charge in [-0.1, -0.05) is 19.1 Å². The second-order valence-electron chi connectivity index (χ2n) is 5.63. The molecule has 1 aromatic carbocycles. The van der Waals surface area contributed by atoms with Crippen LogP contribution in [0.2, 0.25) is 0 Å². The molecule has 3 aromatic rings. The van der Waals surface area contributed by atoms with Crippen LogP contribution in [-0.2, 0) is 13.1 Å². The average molecular weight is 343 g/mol. The Balaban J connectivity index is 2.17. The molecular weight excluding hydrogens is 322 g/mol. The summed E-state index contributed by atoms with van der Waals surface area (Å²) in [4.78, 5) is 21.3. The van der Waals surface area contributed by atoms with Crippen LogP contribution in [0.3, 0.4) is 0 Å². The molecule has 2 heterocycles. The van der Waals surface area contributed by atoms with Crippen LogP contribution in [0.1, 0.15) is 18.9 Å². The van der Waals surface area contributed by atoms with Crippen LogP contribution in [0, 0.1) is 0 Å². The molecule has 8 nitrogen and oxygen atoms in total. The maximum absolute atomic E-state index is 12.9. The number of hydrogen-bond acceptors (Lipinski definition) is 6. The van der Waals surface area contributed by atoms with Gasteiger partial charge >= 0.3 is 5.69 Å². The van der Waals surface area contributed by atoms with Gasteiger partial charge in [0, 0.05) is 6.54 Å². The molecule has 0 fully saturated rings. The lowest BCUT2D eigenvalue weighted by atomic mass is 10.2. The zero-order chi connectivity index (χ0) is 18.0. The van der Waals surface area contributed by atoms with Gasteiger partial charge in [-0.05, 0) is 24.1 Å². The van der Waals surface area contributed by atoms with Gasteiger partial charge in [-0.3, -0.25) is 9.13 Å². The van der Waals surface area contributed by atoms with Gasteiger partial charge in [0.05, 0.1) is 20.8 Å². The molecule has 0 atom stereocenters. The van der Waals surface area contributed by atoms with Gasteiger partial charge in [-0.2, -0.15) is 9.97 Å². The largest absolute Gasteiger partial charge is 0.497 e. The molecule has 0 aliphatic heterocycles. The van der Waals surface area contributed by atoms with Crippen LogP contribution in [0.15, 0.2) is 29.1 Å². The molecule has 0 saturated carbocycles. The lowest BCUT2D eigenvalue weighted by Crippen LogP contribution is -2.25. The highest BCUT2D eigenvalue weighted by molar-refractivity contribution is 5.78. The van der Waals surface area contributed by atoms with Crippen molar-refractivity contribution in [1.82, 2.24) is 19.1 Å². The van der Waals surface area contributed by atoms with E-state index in [9.17, 15) is 4.79 Å². The second kappa shape index (κ2) is 6.84. The van der Waals surface area contributed by atoms with Crippen molar-refractivity contribution in [3.8, 4) is 11.6 Å². The third-order valence-electron chi connectivity index (χ3n) is 3.98. The molecule has 0 saturated heterocycles. The van der Waals surface area contributed by atoms with Crippen LogP contribution >= 0.6 is 0 Å². The second-order valence-corrected chi connectivity index (χ2v) is 5.63. The van der Waals surface area contributed by atoms with Crippen molar-refractivity contribution < 1.29 is 9.47 Å². The summed E-state index contributed by atoms with van der Waals surface area (Å²) < 4.78 is 13.7. The predicted molar refractivity (Wildman–Crippen MR) is 95.1 cm³/mol. The number of anilines is 1. The fourth-order valence-corrected chi connectivity index (χ4v) is 2.82. The summed E-state index contributed by atoms with van der Waals surface area (Å²) in [5.41, 5.74) is 7.62. The molecule has 2 aromatic heterocycles. The van der Waals surface area contributed by atoms with E-state index >= 15 is 0 Å². The lowest BCUT2D eigenvalue weighted by molar-refractivity contribution is 0.400. The summed E-state index contributed by atoms with van der Waals surface area (Å²) in [6.07, 6.45) is 0.801. The number of nitrogen functional groups attached to an aromatic ring is 1. The van der Waals surface area contributed by atoms with E-state index in [1.807, 2.05) is 31.2 Å².